The first-order valence-electron chi connectivity index (χ1n) is 49.0. The normalized spacial score (nSPS) is 16.7. The second-order valence-electron chi connectivity index (χ2n) is 38.5. The van der Waals surface area contributed by atoms with Gasteiger partial charge in [0.25, 0.3) is 11.8 Å². The minimum Gasteiger partial charge on any atom is -0.480 e. The molecule has 0 bridgehead atoms. The number of hydrogen-bond acceptors (Lipinski definition) is 27. The summed E-state index contributed by atoms with van der Waals surface area (Å²) in [4.78, 5) is 279. The lowest BCUT2D eigenvalue weighted by atomic mass is 9.97. The number of aliphatic carboxylic acids is 1. The fourth-order valence-electron chi connectivity index (χ4n) is 15.1. The maximum Gasteiger partial charge on any atom is 0.326 e. The number of hydrogen-bond donors (Lipinski definition) is 26. The van der Waals surface area contributed by atoms with Gasteiger partial charge in [0, 0.05) is 19.6 Å². The number of carboxylic acids is 1. The maximum absolute atomic E-state index is 14.6. The molecule has 0 radical (unpaired) electrons. The number of aliphatic hydroxyl groups excluding tert-OH is 5. The lowest BCUT2D eigenvalue weighted by Crippen LogP contribution is -2.62. The van der Waals surface area contributed by atoms with Crippen LogP contribution in [0, 0.1) is 47.3 Å². The van der Waals surface area contributed by atoms with Crippen LogP contribution < -0.4 is 108 Å². The average molecular weight is 2010 g/mol. The predicted octanol–water partition coefficient (Wildman–Crippen LogP) is -4.00. The van der Waals surface area contributed by atoms with Crippen LogP contribution in [0.4, 0.5) is 0 Å². The van der Waals surface area contributed by atoms with Gasteiger partial charge < -0.3 is 143 Å². The lowest BCUT2D eigenvalue weighted by molar-refractivity contribution is -0.142. The zero-order valence-corrected chi connectivity index (χ0v) is 85.7. The number of allylic oxidation sites excluding steroid dienone is 2. The smallest absolute Gasteiger partial charge is 0.326 e. The molecule has 47 nitrogen and oxygen atoms in total. The van der Waals surface area contributed by atoms with Crippen LogP contribution in [0.25, 0.3) is 0 Å². The molecule has 1 saturated heterocycles. The van der Waals surface area contributed by atoms with Gasteiger partial charge in [-0.2, -0.15) is 0 Å². The number of rotatable bonds is 67. The highest BCUT2D eigenvalue weighted by atomic mass is 16.4. The Morgan fingerprint density at radius 1 is 0.383 bits per heavy atom. The molecular formula is C94H165N21O26. The first-order valence-corrected chi connectivity index (χ1v) is 49.0. The largest absolute Gasteiger partial charge is 0.480 e. The summed E-state index contributed by atoms with van der Waals surface area (Å²) in [7, 11) is 0. The Kier molecular flexibility index (Phi) is 59.4. The summed E-state index contributed by atoms with van der Waals surface area (Å²) in [6.45, 7) is 29.4. The number of aliphatic hydroxyl groups is 5. The van der Waals surface area contributed by atoms with Gasteiger partial charge in [-0.3, -0.25) is 91.1 Å². The highest BCUT2D eigenvalue weighted by molar-refractivity contribution is 6.05. The van der Waals surface area contributed by atoms with E-state index in [1.165, 1.54) is 38.7 Å². The molecule has 0 spiro atoms. The van der Waals surface area contributed by atoms with Crippen LogP contribution >= 0.6 is 0 Å². The van der Waals surface area contributed by atoms with Crippen LogP contribution in [-0.2, 0) is 95.9 Å². The second-order valence-corrected chi connectivity index (χ2v) is 38.5. The molecule has 0 saturated carbocycles. The number of carboxylic acid groups (broad SMARTS) is 1. The molecule has 0 aromatic carbocycles. The summed E-state index contributed by atoms with van der Waals surface area (Å²) in [6.07, 6.45) is 2.27. The van der Waals surface area contributed by atoms with Gasteiger partial charge in [0.15, 0.2) is 0 Å². The predicted molar refractivity (Wildman–Crippen MR) is 520 cm³/mol. The van der Waals surface area contributed by atoms with Crippen molar-refractivity contribution in [2.24, 2.45) is 64.5 Å². The number of likely N-dealkylation sites (tertiary alicyclic amines) is 1. The minimum absolute atomic E-state index is 0.0258. The third-order valence-corrected chi connectivity index (χ3v) is 23.5. The van der Waals surface area contributed by atoms with E-state index in [0.717, 1.165) is 25.8 Å². The Labute approximate surface area is 826 Å². The molecule has 0 aromatic rings. The zero-order chi connectivity index (χ0) is 108. The molecule has 47 heteroatoms. The van der Waals surface area contributed by atoms with Crippen molar-refractivity contribution in [1.29, 1.82) is 0 Å². The highest BCUT2D eigenvalue weighted by Crippen LogP contribution is 2.23. The summed E-state index contributed by atoms with van der Waals surface area (Å²) in [5, 5.41) is 105. The molecule has 1 fully saturated rings. The molecule has 19 atom stereocenters. The van der Waals surface area contributed by atoms with Crippen LogP contribution in [0.5, 0.6) is 0 Å². The fourth-order valence-corrected chi connectivity index (χ4v) is 15.1. The number of carbonyl (C=O) groups excluding carboxylic acids is 19. The van der Waals surface area contributed by atoms with Crippen molar-refractivity contribution in [3.05, 3.63) is 23.5 Å². The van der Waals surface area contributed by atoms with E-state index in [-0.39, 0.29) is 94.5 Å². The van der Waals surface area contributed by atoms with Crippen molar-refractivity contribution in [2.75, 3.05) is 39.5 Å². The summed E-state index contributed by atoms with van der Waals surface area (Å²) in [6, 6.07) is -24.2. The third-order valence-electron chi connectivity index (χ3n) is 23.5. The number of nitrogens with two attached hydrogens (primary N) is 3. The molecule has 1 heterocycles. The van der Waals surface area contributed by atoms with E-state index in [4.69, 9.17) is 17.2 Å². The van der Waals surface area contributed by atoms with Crippen molar-refractivity contribution in [3.63, 3.8) is 0 Å². The van der Waals surface area contributed by atoms with Gasteiger partial charge in [-0.1, -0.05) is 156 Å². The zero-order valence-electron chi connectivity index (χ0n) is 85.7. The van der Waals surface area contributed by atoms with Gasteiger partial charge in [-0.05, 0) is 158 Å². The Morgan fingerprint density at radius 3 is 1.15 bits per heavy atom. The molecular weight excluding hydrogens is 1840 g/mol. The topological polar surface area (TPSA) is 749 Å². The molecule has 0 aliphatic carbocycles. The average Bonchev–Trinajstić information content (AvgIpc) is 1.72. The van der Waals surface area contributed by atoms with E-state index >= 15 is 0 Å². The first kappa shape index (κ1) is 128. The van der Waals surface area contributed by atoms with Crippen LogP contribution in [-0.4, -0.2) is 302 Å². The van der Waals surface area contributed by atoms with Crippen molar-refractivity contribution >= 4 is 118 Å². The molecule has 1 aliphatic heterocycles. The van der Waals surface area contributed by atoms with Crippen molar-refractivity contribution < 1.29 is 127 Å². The first-order chi connectivity index (χ1) is 66.1. The number of amides is 19. The van der Waals surface area contributed by atoms with Gasteiger partial charge >= 0.3 is 5.97 Å². The summed E-state index contributed by atoms with van der Waals surface area (Å²) >= 11 is 0. The van der Waals surface area contributed by atoms with E-state index in [9.17, 15) is 127 Å². The van der Waals surface area contributed by atoms with Gasteiger partial charge in [0.05, 0.1) is 31.8 Å². The van der Waals surface area contributed by atoms with Crippen LogP contribution in [0.15, 0.2) is 23.5 Å². The Bertz CT molecular complexity index is 4200. The van der Waals surface area contributed by atoms with Gasteiger partial charge in [0.1, 0.15) is 108 Å². The standard InChI is InChI=1S/C94H165N21O26/c1-21-25-26-30-56(120)44-70(122)98-58(24-4)93(139)115-39-29-32-68(115)86(132)107-66(45-117)84(130)105-64(42-48(7)8)82(128)110-72(51(13)14)89(135)108-67(46-118)85(131)106-65(43-49(9)10)83(129)111-74(53(17)18)90(136)112-73(52(15)16)88(134)101-59(33-34-69(97)121)78(124)104-63(41-47(5)6)81(127)109-71(50(11)12)87(133)99-57(23-3)77(123)114-76(55(20)119)92(138)113-75(54(19)22-2)91(137)102-61(36-40-116)80(126)100-60(35-38-96)79(125)103-62(94(140)141)31-27-28-37-95/h23-24,47-56,59-68,71-76,116-120H,21-22,25-46,95-96H2,1-20H3,(H2,97,121)(H,98,122)(H,99,133)(H,100,126)(H,101,134)(H,102,137)(H,103,125)(H,104,124)(H,105,130)(H,106,131)(H,107,132)(H,108,135)(H,109,127)(H,110,128)(H,111,129)(H,112,136)(H,113,138)(H,114,123)(H,140,141)/b57-23+,58-24-/t54-,55+,56-,59+,60-,61+,62+,63-,64+,65-,66-,67-,68+,71-,72-,73+,74+,75-,76-/m0/s1. The number of primary amides is 1. The molecule has 802 valence electrons. The van der Waals surface area contributed by atoms with Crippen molar-refractivity contribution in [3.8, 4) is 0 Å². The summed E-state index contributed by atoms with van der Waals surface area (Å²) < 4.78 is 0. The number of nitrogens with one attached hydrogen (secondary N) is 17. The summed E-state index contributed by atoms with van der Waals surface area (Å²) in [5.74, 6) is -24.1. The van der Waals surface area contributed by atoms with Crippen LogP contribution in [0.3, 0.4) is 0 Å². The quantitative estimate of drug-likeness (QED) is 0.0204. The van der Waals surface area contributed by atoms with Gasteiger partial charge in [-0.15, -0.1) is 0 Å². The molecule has 1 aliphatic rings. The van der Waals surface area contributed by atoms with E-state index in [2.05, 4.69) is 90.4 Å². The monoisotopic (exact) mass is 2000 g/mol. The third kappa shape index (κ3) is 45.2. The minimum atomic E-state index is -1.85. The van der Waals surface area contributed by atoms with Crippen LogP contribution in [0.2, 0.25) is 0 Å². The van der Waals surface area contributed by atoms with Gasteiger partial charge in [0.2, 0.25) is 100 Å². The Balaban J connectivity index is 3.48. The molecule has 141 heavy (non-hydrogen) atoms. The lowest BCUT2D eigenvalue weighted by Gasteiger charge is -2.31. The van der Waals surface area contributed by atoms with E-state index < -0.39 is 301 Å². The summed E-state index contributed by atoms with van der Waals surface area (Å²) in [5.41, 5.74) is 16.2. The number of unbranched alkanes of at least 4 members (excludes halogenated alkanes) is 3. The maximum atomic E-state index is 14.6. The molecule has 0 unspecified atom stereocenters. The van der Waals surface area contributed by atoms with Crippen LogP contribution in [0.1, 0.15) is 254 Å². The molecule has 19 amide bonds. The van der Waals surface area contributed by atoms with E-state index in [1.807, 2.05) is 6.92 Å². The van der Waals surface area contributed by atoms with E-state index in [1.54, 1.807) is 96.9 Å². The van der Waals surface area contributed by atoms with Gasteiger partial charge in [-0.25, -0.2) is 4.79 Å². The van der Waals surface area contributed by atoms with E-state index in [0.29, 0.717) is 32.1 Å². The van der Waals surface area contributed by atoms with Crippen molar-refractivity contribution in [1.82, 2.24) is 95.3 Å². The Hall–Kier alpha value is -11.4. The highest BCUT2D eigenvalue weighted by Gasteiger charge is 2.44. The number of nitrogens with zero attached hydrogens (tertiary/aromatic N) is 1. The fraction of sp³-hybridized carbons (Fsp3) is 0.745. The van der Waals surface area contributed by atoms with Crippen molar-refractivity contribution in [2.45, 2.75) is 363 Å². The SMILES string of the molecule is C/C=C(\NC(=O)C[C@@H](O)CCCCC)C(=O)N1CCC[C@@H]1C(=O)N[C@@H](CO)C(=O)N[C@H](CC(C)C)C(=O)N[C@H](C(=O)N[C@@H](CO)C(=O)N[C@@H](CC(C)C)C(=O)N[C@@H](C(=O)N[C@@H](C(=O)N[C@H](CCC(N)=O)C(=O)N[C@@H](CC(C)C)C(=O)N[C@H](C(=O)N/C(=C/C)C(=O)N[C@H](C(=O)N[C@H](C(=O)N[C@H](CCO)C(=O)N[C@@H](CCN)C(=O)N[C@H](CCCCN)C(=O)O)[C@@H](C)CC)[C@@H](C)O)C(C)C)C(C)C)C(C)C)C(C)C. The molecule has 29 N–H and O–H groups in total. The molecule has 1 rings (SSSR count). The second kappa shape index (κ2) is 65.6. The number of carbonyl (C=O) groups is 20. The Morgan fingerprint density at radius 2 is 0.752 bits per heavy atom. The molecule has 0 aromatic heterocycles.